The van der Waals surface area contributed by atoms with Crippen LogP contribution >= 0.6 is 23.2 Å². The number of pyridine rings is 1. The lowest BCUT2D eigenvalue weighted by molar-refractivity contribution is -0.182. The summed E-state index contributed by atoms with van der Waals surface area (Å²) in [6, 6.07) is 3.81. The third kappa shape index (κ3) is 7.69. The Hall–Kier alpha value is -3.43. The molecule has 0 unspecified atom stereocenters. The molecule has 0 bridgehead atoms. The van der Waals surface area contributed by atoms with Crippen LogP contribution in [0.1, 0.15) is 41.6 Å². The van der Waals surface area contributed by atoms with Gasteiger partial charge in [0.15, 0.2) is 12.3 Å². The molecule has 0 radical (unpaired) electrons. The quantitative estimate of drug-likeness (QED) is 0.194. The largest absolute Gasteiger partial charge is 0.471 e. The van der Waals surface area contributed by atoms with Gasteiger partial charge in [-0.1, -0.05) is 29.3 Å². The van der Waals surface area contributed by atoms with Gasteiger partial charge in [0.1, 0.15) is 12.2 Å². The molecule has 17 heteroatoms. The fourth-order valence-corrected chi connectivity index (χ4v) is 4.97. The van der Waals surface area contributed by atoms with Gasteiger partial charge in [-0.25, -0.2) is 8.78 Å². The lowest BCUT2D eigenvalue weighted by Crippen LogP contribution is -2.40. The molecule has 1 aromatic carbocycles. The summed E-state index contributed by atoms with van der Waals surface area (Å²) in [4.78, 5) is 35.7. The van der Waals surface area contributed by atoms with Crippen molar-refractivity contribution in [2.45, 2.75) is 50.9 Å². The number of hydrogen-bond donors (Lipinski definition) is 5. The van der Waals surface area contributed by atoms with Crippen LogP contribution in [0.5, 0.6) is 5.88 Å². The monoisotopic (exact) mass is 638 g/mol. The second kappa shape index (κ2) is 13.3. The van der Waals surface area contributed by atoms with E-state index in [1.54, 1.807) is 6.07 Å². The molecule has 228 valence electrons. The maximum atomic E-state index is 13.1. The van der Waals surface area contributed by atoms with Crippen molar-refractivity contribution in [3.05, 3.63) is 39.4 Å². The number of carbonyl (C=O) groups is 2. The Morgan fingerprint density at radius 2 is 1.86 bits per heavy atom. The van der Waals surface area contributed by atoms with E-state index in [-0.39, 0.29) is 70.6 Å². The highest BCUT2D eigenvalue weighted by molar-refractivity contribution is 6.39. The molecule has 0 saturated heterocycles. The minimum atomic E-state index is -4.31. The molecular weight excluding hydrogens is 614 g/mol. The normalized spacial score (nSPS) is 17.4. The minimum Gasteiger partial charge on any atom is -0.471 e. The number of aromatic nitrogens is 3. The zero-order valence-electron chi connectivity index (χ0n) is 21.6. The number of aliphatic hydroxyl groups excluding tert-OH is 1. The van der Waals surface area contributed by atoms with Crippen LogP contribution in [0.25, 0.3) is 11.2 Å². The first-order valence-electron chi connectivity index (χ1n) is 12.7. The zero-order chi connectivity index (χ0) is 30.6. The standard InChI is InChI=1S/C25H25Cl2F5N6O4/c26-15-6-1-11(8-33-18(40)9-39)19(27)20(15)36-24-35-16-7-14(23(37-21(16)38-24)42-10-17(28)29)22(41)34-13-4-2-12(3-5-13)25(30,31)32/h1,6-7,12-13,17,39H,2-5,8-10H2,(H,33,40)(H,34,41)(H2,35,36,37,38). The predicted molar refractivity (Wildman–Crippen MR) is 143 cm³/mol. The Bertz CT molecular complexity index is 1450. The fraction of sp³-hybridized carbons (Fsp3) is 0.440. The van der Waals surface area contributed by atoms with Crippen LogP contribution in [0.3, 0.4) is 0 Å². The number of amides is 2. The summed E-state index contributed by atoms with van der Waals surface area (Å²) in [6.45, 7) is -1.77. The summed E-state index contributed by atoms with van der Waals surface area (Å²) in [7, 11) is 0. The lowest BCUT2D eigenvalue weighted by atomic mass is 9.85. The van der Waals surface area contributed by atoms with Crippen LogP contribution in [0, 0.1) is 5.92 Å². The second-order valence-corrected chi connectivity index (χ2v) is 10.3. The summed E-state index contributed by atoms with van der Waals surface area (Å²) >= 11 is 12.7. The smallest absolute Gasteiger partial charge is 0.391 e. The number of benzene rings is 1. The molecule has 42 heavy (non-hydrogen) atoms. The molecule has 2 heterocycles. The van der Waals surface area contributed by atoms with Crippen LogP contribution in [-0.2, 0) is 11.3 Å². The van der Waals surface area contributed by atoms with E-state index < -0.39 is 55.5 Å². The van der Waals surface area contributed by atoms with Crippen molar-refractivity contribution in [1.29, 1.82) is 0 Å². The van der Waals surface area contributed by atoms with Crippen molar-refractivity contribution in [1.82, 2.24) is 25.6 Å². The molecule has 0 spiro atoms. The van der Waals surface area contributed by atoms with Crippen molar-refractivity contribution in [2.75, 3.05) is 18.5 Å². The number of imidazole rings is 1. The molecule has 0 atom stereocenters. The molecule has 3 aromatic rings. The Morgan fingerprint density at radius 3 is 2.50 bits per heavy atom. The van der Waals surface area contributed by atoms with Gasteiger partial charge in [-0.2, -0.15) is 23.1 Å². The number of aromatic amines is 1. The van der Waals surface area contributed by atoms with Crippen LogP contribution in [-0.4, -0.2) is 63.7 Å². The number of hydrogen-bond acceptors (Lipinski definition) is 7. The van der Waals surface area contributed by atoms with Gasteiger partial charge in [0.2, 0.25) is 17.7 Å². The summed E-state index contributed by atoms with van der Waals surface area (Å²) in [6.07, 6.45) is -7.27. The summed E-state index contributed by atoms with van der Waals surface area (Å²) < 4.78 is 69.9. The Morgan fingerprint density at radius 1 is 1.14 bits per heavy atom. The number of H-pyrrole nitrogens is 1. The van der Waals surface area contributed by atoms with E-state index in [9.17, 15) is 31.5 Å². The molecule has 10 nitrogen and oxygen atoms in total. The molecule has 4 rings (SSSR count). The average Bonchev–Trinajstić information content (AvgIpc) is 3.34. The van der Waals surface area contributed by atoms with Gasteiger partial charge in [0, 0.05) is 12.6 Å². The van der Waals surface area contributed by atoms with Crippen LogP contribution in [0.2, 0.25) is 10.0 Å². The van der Waals surface area contributed by atoms with E-state index >= 15 is 0 Å². The fourth-order valence-electron chi connectivity index (χ4n) is 4.44. The number of rotatable bonds is 10. The van der Waals surface area contributed by atoms with Crippen molar-refractivity contribution in [3.63, 3.8) is 0 Å². The Labute approximate surface area is 245 Å². The van der Waals surface area contributed by atoms with Crippen molar-refractivity contribution in [2.24, 2.45) is 5.92 Å². The van der Waals surface area contributed by atoms with E-state index in [0.717, 1.165) is 0 Å². The number of nitrogens with zero attached hydrogens (tertiary/aromatic N) is 2. The Balaban J connectivity index is 1.57. The molecule has 1 aliphatic rings. The van der Waals surface area contributed by atoms with Gasteiger partial charge in [-0.3, -0.25) is 9.59 Å². The number of fused-ring (bicyclic) bond motifs is 1. The third-order valence-corrected chi connectivity index (χ3v) is 7.33. The van der Waals surface area contributed by atoms with Crippen LogP contribution < -0.4 is 20.7 Å². The van der Waals surface area contributed by atoms with E-state index in [4.69, 9.17) is 33.0 Å². The third-order valence-electron chi connectivity index (χ3n) is 6.59. The highest BCUT2D eigenvalue weighted by Gasteiger charge is 2.41. The van der Waals surface area contributed by atoms with Crippen LogP contribution in [0.4, 0.5) is 33.6 Å². The van der Waals surface area contributed by atoms with Gasteiger partial charge in [0.25, 0.3) is 12.3 Å². The average molecular weight is 639 g/mol. The highest BCUT2D eigenvalue weighted by atomic mass is 35.5. The second-order valence-electron chi connectivity index (χ2n) is 9.52. The maximum Gasteiger partial charge on any atom is 0.391 e. The van der Waals surface area contributed by atoms with Gasteiger partial charge in [0.05, 0.1) is 27.2 Å². The van der Waals surface area contributed by atoms with Crippen molar-refractivity contribution < 1.29 is 41.4 Å². The predicted octanol–water partition coefficient (Wildman–Crippen LogP) is 5.11. The molecule has 1 saturated carbocycles. The Kier molecular flexibility index (Phi) is 9.94. The molecule has 1 fully saturated rings. The molecule has 5 N–H and O–H groups in total. The molecular formula is C25H25Cl2F5N6O4. The number of alkyl halides is 5. The van der Waals surface area contributed by atoms with Gasteiger partial charge in [-0.15, -0.1) is 0 Å². The first-order valence-corrected chi connectivity index (χ1v) is 13.4. The lowest BCUT2D eigenvalue weighted by Gasteiger charge is -2.30. The molecule has 0 aliphatic heterocycles. The summed E-state index contributed by atoms with van der Waals surface area (Å²) in [5, 5.41) is 17.2. The zero-order valence-corrected chi connectivity index (χ0v) is 23.1. The van der Waals surface area contributed by atoms with Crippen LogP contribution in [0.15, 0.2) is 18.2 Å². The van der Waals surface area contributed by atoms with Crippen molar-refractivity contribution >= 4 is 57.8 Å². The minimum absolute atomic E-state index is 0.00702. The summed E-state index contributed by atoms with van der Waals surface area (Å²) in [5.74, 6) is -3.18. The van der Waals surface area contributed by atoms with E-state index in [2.05, 4.69) is 30.9 Å². The number of aliphatic hydroxyl groups is 1. The topological polar surface area (TPSA) is 141 Å². The number of ether oxygens (including phenoxy) is 1. The summed E-state index contributed by atoms with van der Waals surface area (Å²) in [5.41, 5.74) is 0.642. The number of anilines is 2. The number of halogens is 7. The van der Waals surface area contributed by atoms with E-state index in [0.29, 0.717) is 5.56 Å². The first-order chi connectivity index (χ1) is 19.8. The maximum absolute atomic E-state index is 13.1. The SMILES string of the molecule is O=C(CO)NCc1ccc(Cl)c(Nc2nc3nc(OCC(F)F)c(C(=O)NC4CCC(C(F)(F)F)CC4)cc3[nH]2)c1Cl. The molecule has 1 aliphatic carbocycles. The van der Waals surface area contributed by atoms with Gasteiger partial charge < -0.3 is 30.8 Å². The molecule has 2 amide bonds. The number of nitrogens with one attached hydrogen (secondary N) is 4. The van der Waals surface area contributed by atoms with E-state index in [1.165, 1.54) is 12.1 Å². The highest BCUT2D eigenvalue weighted by Crippen LogP contribution is 2.38. The molecule has 2 aromatic heterocycles. The van der Waals surface area contributed by atoms with Gasteiger partial charge >= 0.3 is 6.18 Å². The number of carbonyl (C=O) groups excluding carboxylic acids is 2. The first kappa shape index (κ1) is 31.5. The van der Waals surface area contributed by atoms with Crippen molar-refractivity contribution in [3.8, 4) is 5.88 Å². The van der Waals surface area contributed by atoms with Gasteiger partial charge in [-0.05, 0) is 43.4 Å². The van der Waals surface area contributed by atoms with E-state index in [1.807, 2.05) is 0 Å².